The zero-order valence-corrected chi connectivity index (χ0v) is 19.5. The van der Waals surface area contributed by atoms with Crippen molar-refractivity contribution in [2.45, 2.75) is 46.2 Å². The molecule has 156 valence electrons. The lowest BCUT2D eigenvalue weighted by atomic mass is 10.1. The fraction of sp³-hybridized carbons (Fsp3) is 0.391. The van der Waals surface area contributed by atoms with E-state index in [0.717, 1.165) is 15.6 Å². The van der Waals surface area contributed by atoms with Gasteiger partial charge in [-0.2, -0.15) is 0 Å². The second-order valence-corrected chi connectivity index (χ2v) is 8.88. The third kappa shape index (κ3) is 7.48. The lowest BCUT2D eigenvalue weighted by Gasteiger charge is -2.29. The molecule has 2 rings (SSSR count). The van der Waals surface area contributed by atoms with Gasteiger partial charge in [0.05, 0.1) is 0 Å². The summed E-state index contributed by atoms with van der Waals surface area (Å²) in [6.45, 7) is 6.83. The summed E-state index contributed by atoms with van der Waals surface area (Å²) in [6, 6.07) is 14.7. The molecule has 0 fully saturated rings. The van der Waals surface area contributed by atoms with Gasteiger partial charge in [0, 0.05) is 29.0 Å². The minimum Gasteiger partial charge on any atom is -0.354 e. The molecular weight excluding hydrogens is 452 g/mol. The van der Waals surface area contributed by atoms with E-state index in [1.807, 2.05) is 62.4 Å². The molecule has 0 aliphatic rings. The van der Waals surface area contributed by atoms with Crippen LogP contribution in [0, 0.1) is 5.92 Å². The van der Waals surface area contributed by atoms with Gasteiger partial charge in [0.1, 0.15) is 6.04 Å². The third-order valence-corrected chi connectivity index (χ3v) is 5.58. The zero-order chi connectivity index (χ0) is 21.4. The molecule has 0 aromatic heterocycles. The number of rotatable bonds is 9. The van der Waals surface area contributed by atoms with Crippen LogP contribution in [-0.4, -0.2) is 29.3 Å². The molecule has 1 atom stereocenters. The molecule has 0 bridgehead atoms. The van der Waals surface area contributed by atoms with E-state index in [1.165, 1.54) is 0 Å². The summed E-state index contributed by atoms with van der Waals surface area (Å²) in [5.41, 5.74) is 1.91. The minimum atomic E-state index is -0.559. The first-order valence-corrected chi connectivity index (χ1v) is 11.0. The molecule has 0 aliphatic heterocycles. The average molecular weight is 480 g/mol. The predicted molar refractivity (Wildman–Crippen MR) is 122 cm³/mol. The highest BCUT2D eigenvalue weighted by atomic mass is 79.9. The van der Waals surface area contributed by atoms with Crippen molar-refractivity contribution in [2.75, 3.05) is 6.54 Å². The average Bonchev–Trinajstić information content (AvgIpc) is 2.70. The van der Waals surface area contributed by atoms with Crippen LogP contribution in [-0.2, 0) is 22.6 Å². The Morgan fingerprint density at radius 1 is 1.07 bits per heavy atom. The number of carbonyl (C=O) groups excluding carboxylic acids is 2. The fourth-order valence-corrected chi connectivity index (χ4v) is 3.40. The van der Waals surface area contributed by atoms with Crippen LogP contribution in [0.5, 0.6) is 0 Å². The smallest absolute Gasteiger partial charge is 0.242 e. The van der Waals surface area contributed by atoms with Crippen molar-refractivity contribution in [3.8, 4) is 0 Å². The lowest BCUT2D eigenvalue weighted by Crippen LogP contribution is -2.48. The Hall–Kier alpha value is -1.85. The van der Waals surface area contributed by atoms with E-state index in [1.54, 1.807) is 11.8 Å². The molecule has 6 heteroatoms. The zero-order valence-electron chi connectivity index (χ0n) is 17.1. The fourth-order valence-electron chi connectivity index (χ4n) is 2.91. The molecule has 0 radical (unpaired) electrons. The summed E-state index contributed by atoms with van der Waals surface area (Å²) in [7, 11) is 0. The number of nitrogens with one attached hydrogen (secondary N) is 1. The highest BCUT2D eigenvalue weighted by Crippen LogP contribution is 2.19. The first-order valence-electron chi connectivity index (χ1n) is 9.83. The van der Waals surface area contributed by atoms with Crippen molar-refractivity contribution in [3.63, 3.8) is 0 Å². The molecule has 0 spiro atoms. The van der Waals surface area contributed by atoms with E-state index in [2.05, 4.69) is 21.2 Å². The Balaban J connectivity index is 2.13. The molecule has 29 heavy (non-hydrogen) atoms. The maximum atomic E-state index is 13.1. The van der Waals surface area contributed by atoms with Crippen LogP contribution < -0.4 is 5.32 Å². The Morgan fingerprint density at radius 3 is 2.34 bits per heavy atom. The molecule has 2 amide bonds. The molecule has 0 heterocycles. The largest absolute Gasteiger partial charge is 0.354 e. The number of aryl methyl sites for hydroxylation is 1. The van der Waals surface area contributed by atoms with Crippen LogP contribution in [0.2, 0.25) is 5.02 Å². The van der Waals surface area contributed by atoms with E-state index in [4.69, 9.17) is 11.6 Å². The van der Waals surface area contributed by atoms with Gasteiger partial charge in [0.15, 0.2) is 0 Å². The van der Waals surface area contributed by atoms with Crippen LogP contribution in [0.25, 0.3) is 0 Å². The first kappa shape index (κ1) is 23.4. The van der Waals surface area contributed by atoms with Gasteiger partial charge < -0.3 is 10.2 Å². The van der Waals surface area contributed by atoms with Crippen LogP contribution in [0.4, 0.5) is 0 Å². The van der Waals surface area contributed by atoms with E-state index in [-0.39, 0.29) is 11.8 Å². The third-order valence-electron chi connectivity index (χ3n) is 4.68. The van der Waals surface area contributed by atoms with Gasteiger partial charge in [0.25, 0.3) is 0 Å². The molecule has 0 aliphatic carbocycles. The van der Waals surface area contributed by atoms with Gasteiger partial charge >= 0.3 is 0 Å². The van der Waals surface area contributed by atoms with Crippen molar-refractivity contribution < 1.29 is 9.59 Å². The second-order valence-electron chi connectivity index (χ2n) is 7.55. The van der Waals surface area contributed by atoms with Gasteiger partial charge in [-0.25, -0.2) is 0 Å². The molecular formula is C23H28BrClN2O2. The van der Waals surface area contributed by atoms with Crippen LogP contribution in [0.1, 0.15) is 38.3 Å². The summed E-state index contributed by atoms with van der Waals surface area (Å²) in [6.07, 6.45) is 0.831. The van der Waals surface area contributed by atoms with E-state index >= 15 is 0 Å². The monoisotopic (exact) mass is 478 g/mol. The maximum absolute atomic E-state index is 13.1. The molecule has 1 N–H and O–H groups in total. The van der Waals surface area contributed by atoms with Gasteiger partial charge in [-0.15, -0.1) is 0 Å². The van der Waals surface area contributed by atoms with Gasteiger partial charge in [0.2, 0.25) is 11.8 Å². The predicted octanol–water partition coefficient (Wildman–Crippen LogP) is 5.22. The number of hydrogen-bond donors (Lipinski definition) is 1. The molecule has 2 aromatic carbocycles. The highest BCUT2D eigenvalue weighted by Gasteiger charge is 2.26. The highest BCUT2D eigenvalue weighted by molar-refractivity contribution is 9.10. The summed E-state index contributed by atoms with van der Waals surface area (Å²) in [5.74, 6) is 0.143. The standard InChI is InChI=1S/C23H28BrClN2O2/c1-16(2)14-26-23(29)17(3)27(15-18-8-11-20(24)12-9-18)22(28)13-10-19-6-4-5-7-21(19)25/h4-9,11-12,16-17H,10,13-15H2,1-3H3,(H,26,29). The maximum Gasteiger partial charge on any atom is 0.242 e. The normalized spacial score (nSPS) is 11.9. The summed E-state index contributed by atoms with van der Waals surface area (Å²) in [4.78, 5) is 27.4. The number of carbonyl (C=O) groups is 2. The second kappa shape index (κ2) is 11.4. The van der Waals surface area contributed by atoms with Crippen LogP contribution >= 0.6 is 27.5 Å². The van der Waals surface area contributed by atoms with Crippen molar-refractivity contribution in [2.24, 2.45) is 5.92 Å². The van der Waals surface area contributed by atoms with E-state index < -0.39 is 6.04 Å². The minimum absolute atomic E-state index is 0.0694. The van der Waals surface area contributed by atoms with Crippen LogP contribution in [0.3, 0.4) is 0 Å². The number of benzene rings is 2. The summed E-state index contributed by atoms with van der Waals surface area (Å²) >= 11 is 9.65. The lowest BCUT2D eigenvalue weighted by molar-refractivity contribution is -0.140. The van der Waals surface area contributed by atoms with Gasteiger partial charge in [-0.1, -0.05) is 71.7 Å². The quantitative estimate of drug-likeness (QED) is 0.536. The Labute approximate surface area is 186 Å². The van der Waals surface area contributed by atoms with Crippen molar-refractivity contribution in [1.29, 1.82) is 0 Å². The Kier molecular flexibility index (Phi) is 9.18. The number of amides is 2. The SMILES string of the molecule is CC(C)CNC(=O)C(C)N(Cc1ccc(Br)cc1)C(=O)CCc1ccccc1Cl. The number of hydrogen-bond acceptors (Lipinski definition) is 2. The molecule has 2 aromatic rings. The number of halogens is 2. The molecule has 1 unspecified atom stereocenters. The van der Waals surface area contributed by atoms with Crippen molar-refractivity contribution in [1.82, 2.24) is 10.2 Å². The Morgan fingerprint density at radius 2 is 1.72 bits per heavy atom. The summed E-state index contributed by atoms with van der Waals surface area (Å²) < 4.78 is 0.973. The van der Waals surface area contributed by atoms with E-state index in [9.17, 15) is 9.59 Å². The van der Waals surface area contributed by atoms with Crippen LogP contribution in [0.15, 0.2) is 53.0 Å². The summed E-state index contributed by atoms with van der Waals surface area (Å²) in [5, 5.41) is 3.59. The van der Waals surface area contributed by atoms with E-state index in [0.29, 0.717) is 36.9 Å². The van der Waals surface area contributed by atoms with Gasteiger partial charge in [-0.3, -0.25) is 9.59 Å². The molecule has 0 saturated carbocycles. The molecule has 4 nitrogen and oxygen atoms in total. The Bertz CT molecular complexity index is 824. The van der Waals surface area contributed by atoms with Gasteiger partial charge in [-0.05, 0) is 48.6 Å². The number of nitrogens with zero attached hydrogens (tertiary/aromatic N) is 1. The topological polar surface area (TPSA) is 49.4 Å². The van der Waals surface area contributed by atoms with Crippen molar-refractivity contribution in [3.05, 3.63) is 69.2 Å². The van der Waals surface area contributed by atoms with Crippen molar-refractivity contribution >= 4 is 39.3 Å². The molecule has 0 saturated heterocycles. The first-order chi connectivity index (χ1) is 13.8.